The Hall–Kier alpha value is -1.10. The van der Waals surface area contributed by atoms with Gasteiger partial charge in [0.1, 0.15) is 0 Å². The molecule has 0 atom stereocenters. The minimum absolute atomic E-state index is 0. The van der Waals surface area contributed by atoms with Crippen LogP contribution >= 0.6 is 11.6 Å². The largest absolute Gasteiger partial charge is 1.00 e. The van der Waals surface area contributed by atoms with Gasteiger partial charge in [-0.05, 0) is 97.4 Å². The molecule has 2 aromatic rings. The summed E-state index contributed by atoms with van der Waals surface area (Å²) in [5, 5.41) is 13.6. The fourth-order valence-electron chi connectivity index (χ4n) is 5.29. The van der Waals surface area contributed by atoms with E-state index in [1.807, 2.05) is 24.3 Å². The van der Waals surface area contributed by atoms with Crippen LogP contribution in [0.1, 0.15) is 56.2 Å². The van der Waals surface area contributed by atoms with E-state index in [0.717, 1.165) is 70.5 Å². The van der Waals surface area contributed by atoms with Crippen LogP contribution in [-0.2, 0) is 11.2 Å². The standard InChI is InChI=1S/C26H30ClNO2.Na/c1-4-19-7-10-22(20-5-8-21(27)9-6-20)16(2)23(19)24-17(3)26(28-25(24)30)13-11-18(15-29)12-14-26;/h5-10,18,29H,4,11-15H2,1-3H3,(H,28,30);/q;+1. The van der Waals surface area contributed by atoms with Gasteiger partial charge in [-0.2, -0.15) is 0 Å². The molecule has 0 aromatic heterocycles. The first-order valence-electron chi connectivity index (χ1n) is 10.9. The molecule has 1 heterocycles. The van der Waals surface area contributed by atoms with E-state index in [1.54, 1.807) is 0 Å². The van der Waals surface area contributed by atoms with Crippen LogP contribution in [0.4, 0.5) is 0 Å². The van der Waals surface area contributed by atoms with Crippen molar-refractivity contribution in [3.63, 3.8) is 0 Å². The molecule has 1 aliphatic carbocycles. The predicted octanol–water partition coefficient (Wildman–Crippen LogP) is 2.71. The summed E-state index contributed by atoms with van der Waals surface area (Å²) in [7, 11) is 0. The van der Waals surface area contributed by atoms with Gasteiger partial charge in [0, 0.05) is 17.2 Å². The molecule has 2 aromatic carbocycles. The zero-order chi connectivity index (χ0) is 21.5. The van der Waals surface area contributed by atoms with Crippen LogP contribution in [-0.4, -0.2) is 23.2 Å². The first kappa shape index (κ1) is 24.5. The summed E-state index contributed by atoms with van der Waals surface area (Å²) in [6.45, 7) is 6.63. The molecule has 1 spiro atoms. The van der Waals surface area contributed by atoms with Crippen molar-refractivity contribution in [2.75, 3.05) is 6.61 Å². The number of aryl methyl sites for hydroxylation is 1. The third-order valence-electron chi connectivity index (χ3n) is 7.23. The summed E-state index contributed by atoms with van der Waals surface area (Å²) >= 11 is 6.09. The van der Waals surface area contributed by atoms with Gasteiger partial charge in [-0.3, -0.25) is 4.79 Å². The van der Waals surface area contributed by atoms with Gasteiger partial charge >= 0.3 is 29.6 Å². The second kappa shape index (κ2) is 9.80. The number of benzene rings is 2. The Labute approximate surface area is 212 Å². The molecule has 0 unspecified atom stereocenters. The van der Waals surface area contributed by atoms with Gasteiger partial charge in [-0.15, -0.1) is 0 Å². The molecular weight excluding hydrogens is 417 g/mol. The van der Waals surface area contributed by atoms with Crippen molar-refractivity contribution in [1.82, 2.24) is 5.32 Å². The van der Waals surface area contributed by atoms with E-state index in [4.69, 9.17) is 11.6 Å². The molecule has 1 aliphatic heterocycles. The Morgan fingerprint density at radius 3 is 2.32 bits per heavy atom. The van der Waals surface area contributed by atoms with Crippen LogP contribution < -0.4 is 34.9 Å². The molecule has 0 saturated heterocycles. The van der Waals surface area contributed by atoms with Gasteiger partial charge in [0.2, 0.25) is 0 Å². The fraction of sp³-hybridized carbons (Fsp3) is 0.423. The Balaban J connectivity index is 0.00000272. The average Bonchev–Trinajstić information content (AvgIpc) is 2.98. The molecule has 5 heteroatoms. The number of carbonyl (C=O) groups excluding carboxylic acids is 1. The van der Waals surface area contributed by atoms with E-state index in [-0.39, 0.29) is 47.6 Å². The second-order valence-electron chi connectivity index (χ2n) is 8.79. The summed E-state index contributed by atoms with van der Waals surface area (Å²) in [6, 6.07) is 12.2. The summed E-state index contributed by atoms with van der Waals surface area (Å²) in [6.07, 6.45) is 4.58. The molecule has 1 saturated carbocycles. The van der Waals surface area contributed by atoms with E-state index in [0.29, 0.717) is 5.92 Å². The fourth-order valence-corrected chi connectivity index (χ4v) is 5.42. The van der Waals surface area contributed by atoms with Gasteiger partial charge in [-0.25, -0.2) is 0 Å². The number of halogens is 1. The molecule has 3 nitrogen and oxygen atoms in total. The van der Waals surface area contributed by atoms with E-state index in [9.17, 15) is 9.90 Å². The Morgan fingerprint density at radius 1 is 1.10 bits per heavy atom. The van der Waals surface area contributed by atoms with Gasteiger partial charge in [0.05, 0.1) is 5.54 Å². The van der Waals surface area contributed by atoms with Crippen molar-refractivity contribution in [1.29, 1.82) is 0 Å². The number of aliphatic hydroxyl groups is 1. The number of hydrogen-bond donors (Lipinski definition) is 2. The van der Waals surface area contributed by atoms with E-state index in [1.165, 1.54) is 5.56 Å². The van der Waals surface area contributed by atoms with Crippen LogP contribution in [0.25, 0.3) is 16.7 Å². The third-order valence-corrected chi connectivity index (χ3v) is 7.48. The van der Waals surface area contributed by atoms with E-state index < -0.39 is 0 Å². The summed E-state index contributed by atoms with van der Waals surface area (Å²) in [4.78, 5) is 13.3. The molecule has 0 radical (unpaired) electrons. The summed E-state index contributed by atoms with van der Waals surface area (Å²) in [5.41, 5.74) is 7.43. The number of amides is 1. The number of carbonyl (C=O) groups is 1. The number of nitrogens with one attached hydrogen (secondary N) is 1. The molecule has 1 fully saturated rings. The minimum atomic E-state index is -0.258. The summed E-state index contributed by atoms with van der Waals surface area (Å²) < 4.78 is 0. The van der Waals surface area contributed by atoms with Crippen LogP contribution in [0.15, 0.2) is 42.0 Å². The van der Waals surface area contributed by atoms with Crippen LogP contribution in [0.3, 0.4) is 0 Å². The Bertz CT molecular complexity index is 1000. The molecular formula is C26H30ClNNaO2+. The van der Waals surface area contributed by atoms with Crippen molar-refractivity contribution >= 4 is 23.1 Å². The maximum Gasteiger partial charge on any atom is 1.00 e. The summed E-state index contributed by atoms with van der Waals surface area (Å²) in [5.74, 6) is 0.395. The topological polar surface area (TPSA) is 49.3 Å². The minimum Gasteiger partial charge on any atom is -0.396 e. The van der Waals surface area contributed by atoms with Crippen molar-refractivity contribution in [2.45, 2.75) is 58.4 Å². The average molecular weight is 447 g/mol. The Kier molecular flexibility index (Phi) is 7.76. The van der Waals surface area contributed by atoms with Gasteiger partial charge in [-0.1, -0.05) is 42.8 Å². The smallest absolute Gasteiger partial charge is 0.396 e. The first-order valence-corrected chi connectivity index (χ1v) is 11.3. The van der Waals surface area contributed by atoms with Gasteiger partial charge < -0.3 is 10.4 Å². The predicted molar refractivity (Wildman–Crippen MR) is 124 cm³/mol. The Morgan fingerprint density at radius 2 is 1.74 bits per heavy atom. The normalized spacial score (nSPS) is 23.1. The van der Waals surface area contributed by atoms with E-state index in [2.05, 4.69) is 38.2 Å². The van der Waals surface area contributed by atoms with Crippen molar-refractivity contribution < 1.29 is 39.5 Å². The van der Waals surface area contributed by atoms with Gasteiger partial charge in [0.15, 0.2) is 0 Å². The SMILES string of the molecule is CCc1ccc(-c2ccc(Cl)cc2)c(C)c1C1=C(C)C2(CCC(CO)CC2)NC1=O.[Na+]. The molecule has 0 bridgehead atoms. The molecule has 31 heavy (non-hydrogen) atoms. The second-order valence-corrected chi connectivity index (χ2v) is 9.23. The maximum absolute atomic E-state index is 13.3. The van der Waals surface area contributed by atoms with Crippen LogP contribution in [0, 0.1) is 12.8 Å². The number of rotatable bonds is 4. The zero-order valence-electron chi connectivity index (χ0n) is 19.0. The molecule has 2 N–H and O–H groups in total. The van der Waals surface area contributed by atoms with Crippen LogP contribution in [0.5, 0.6) is 0 Å². The van der Waals surface area contributed by atoms with Crippen LogP contribution in [0.2, 0.25) is 5.02 Å². The quantitative estimate of drug-likeness (QED) is 0.709. The van der Waals surface area contributed by atoms with Crippen molar-refractivity contribution in [3.8, 4) is 11.1 Å². The third kappa shape index (κ3) is 4.41. The maximum atomic E-state index is 13.3. The van der Waals surface area contributed by atoms with Crippen molar-refractivity contribution in [3.05, 3.63) is 63.7 Å². The number of hydrogen-bond acceptors (Lipinski definition) is 2. The van der Waals surface area contributed by atoms with Gasteiger partial charge in [0.25, 0.3) is 5.91 Å². The monoisotopic (exact) mass is 446 g/mol. The number of aliphatic hydroxyl groups excluding tert-OH is 1. The zero-order valence-corrected chi connectivity index (χ0v) is 21.8. The van der Waals surface area contributed by atoms with Crippen molar-refractivity contribution in [2.24, 2.45) is 5.92 Å². The molecule has 4 rings (SSSR count). The van der Waals surface area contributed by atoms with E-state index >= 15 is 0 Å². The first-order chi connectivity index (χ1) is 14.4. The molecule has 1 amide bonds. The molecule has 2 aliphatic rings. The molecule has 158 valence electrons.